The lowest BCUT2D eigenvalue weighted by Crippen LogP contribution is -2.58. The summed E-state index contributed by atoms with van der Waals surface area (Å²) < 4.78 is 0. The van der Waals surface area contributed by atoms with E-state index >= 15 is 0 Å². The van der Waals surface area contributed by atoms with Crippen molar-refractivity contribution in [3.8, 4) is 0 Å². The van der Waals surface area contributed by atoms with Gasteiger partial charge in [-0.3, -0.25) is 14.4 Å². The van der Waals surface area contributed by atoms with Crippen LogP contribution in [0, 0.1) is 11.8 Å². The first kappa shape index (κ1) is 31.5. The van der Waals surface area contributed by atoms with Crippen molar-refractivity contribution in [1.29, 1.82) is 0 Å². The SMILES string of the molecule is CCC(C)C(N)C(=O)NC(CC(C)C)C(=O)NC(Cc1ccccc1)C(=O)NC(Cc1ccccc1)C(=O)O. The minimum Gasteiger partial charge on any atom is -0.480 e. The van der Waals surface area contributed by atoms with Crippen LogP contribution in [-0.4, -0.2) is 53.0 Å². The molecule has 0 aliphatic carbocycles. The van der Waals surface area contributed by atoms with Gasteiger partial charge >= 0.3 is 5.97 Å². The quantitative estimate of drug-likeness (QED) is 0.235. The summed E-state index contributed by atoms with van der Waals surface area (Å²) >= 11 is 0. The summed E-state index contributed by atoms with van der Waals surface area (Å²) in [5, 5.41) is 17.9. The fraction of sp³-hybridized carbons (Fsp3) is 0.467. The lowest BCUT2D eigenvalue weighted by Gasteiger charge is -2.27. The molecule has 9 nitrogen and oxygen atoms in total. The summed E-state index contributed by atoms with van der Waals surface area (Å²) in [6.07, 6.45) is 1.29. The van der Waals surface area contributed by atoms with Crippen molar-refractivity contribution in [3.05, 3.63) is 71.8 Å². The van der Waals surface area contributed by atoms with Crippen molar-refractivity contribution in [2.45, 2.75) is 77.5 Å². The highest BCUT2D eigenvalue weighted by atomic mass is 16.4. The molecule has 0 saturated carbocycles. The number of aliphatic carboxylic acids is 1. The fourth-order valence-corrected chi connectivity index (χ4v) is 4.14. The lowest BCUT2D eigenvalue weighted by molar-refractivity contribution is -0.142. The van der Waals surface area contributed by atoms with E-state index in [0.29, 0.717) is 12.8 Å². The first-order chi connectivity index (χ1) is 18.5. The summed E-state index contributed by atoms with van der Waals surface area (Å²) in [5.74, 6) is -2.75. The predicted molar refractivity (Wildman–Crippen MR) is 151 cm³/mol. The van der Waals surface area contributed by atoms with E-state index in [1.54, 1.807) is 24.3 Å². The number of carboxylic acid groups (broad SMARTS) is 1. The second-order valence-electron chi connectivity index (χ2n) is 10.4. The van der Waals surface area contributed by atoms with Crippen LogP contribution in [-0.2, 0) is 32.0 Å². The fourth-order valence-electron chi connectivity index (χ4n) is 4.14. The van der Waals surface area contributed by atoms with E-state index in [2.05, 4.69) is 16.0 Å². The van der Waals surface area contributed by atoms with Crippen LogP contribution in [0.15, 0.2) is 60.7 Å². The average molecular weight is 539 g/mol. The van der Waals surface area contributed by atoms with Crippen molar-refractivity contribution >= 4 is 23.7 Å². The summed E-state index contributed by atoms with van der Waals surface area (Å²) in [7, 11) is 0. The molecule has 0 aliphatic rings. The van der Waals surface area contributed by atoms with E-state index < -0.39 is 47.9 Å². The van der Waals surface area contributed by atoms with E-state index in [0.717, 1.165) is 11.1 Å². The molecule has 2 aromatic carbocycles. The second kappa shape index (κ2) is 15.6. The van der Waals surface area contributed by atoms with E-state index in [1.165, 1.54) is 0 Å². The molecule has 0 bridgehead atoms. The number of hydrogen-bond donors (Lipinski definition) is 5. The number of benzene rings is 2. The highest BCUT2D eigenvalue weighted by molar-refractivity contribution is 5.94. The number of nitrogens with one attached hydrogen (secondary N) is 3. The maximum absolute atomic E-state index is 13.4. The van der Waals surface area contributed by atoms with Crippen molar-refractivity contribution < 1.29 is 24.3 Å². The van der Waals surface area contributed by atoms with Crippen LogP contribution in [0.2, 0.25) is 0 Å². The third kappa shape index (κ3) is 10.5. The third-order valence-corrected chi connectivity index (χ3v) is 6.71. The van der Waals surface area contributed by atoms with E-state index in [4.69, 9.17) is 5.73 Å². The normalized spacial score (nSPS) is 14.9. The number of carbonyl (C=O) groups excluding carboxylic acids is 3. The molecular weight excluding hydrogens is 496 g/mol. The summed E-state index contributed by atoms with van der Waals surface area (Å²) in [5.41, 5.74) is 7.63. The Morgan fingerprint density at radius 2 is 1.15 bits per heavy atom. The molecule has 5 unspecified atom stereocenters. The highest BCUT2D eigenvalue weighted by Gasteiger charge is 2.31. The Morgan fingerprint density at radius 1 is 0.718 bits per heavy atom. The maximum Gasteiger partial charge on any atom is 0.326 e. The van der Waals surface area contributed by atoms with Gasteiger partial charge in [0.2, 0.25) is 17.7 Å². The zero-order valence-electron chi connectivity index (χ0n) is 23.2. The smallest absolute Gasteiger partial charge is 0.326 e. The van der Waals surface area contributed by atoms with Gasteiger partial charge in [0.25, 0.3) is 0 Å². The summed E-state index contributed by atoms with van der Waals surface area (Å²) in [4.78, 5) is 51.6. The van der Waals surface area contributed by atoms with Gasteiger partial charge in [0.05, 0.1) is 6.04 Å². The van der Waals surface area contributed by atoms with Crippen LogP contribution >= 0.6 is 0 Å². The van der Waals surface area contributed by atoms with Gasteiger partial charge in [-0.15, -0.1) is 0 Å². The van der Waals surface area contributed by atoms with Crippen LogP contribution in [0.1, 0.15) is 51.7 Å². The molecule has 3 amide bonds. The minimum atomic E-state index is -1.19. The van der Waals surface area contributed by atoms with Crippen molar-refractivity contribution in [3.63, 3.8) is 0 Å². The molecule has 6 N–H and O–H groups in total. The van der Waals surface area contributed by atoms with Crippen LogP contribution in [0.3, 0.4) is 0 Å². The topological polar surface area (TPSA) is 151 Å². The molecule has 0 aliphatic heterocycles. The molecule has 39 heavy (non-hydrogen) atoms. The zero-order chi connectivity index (χ0) is 28.9. The maximum atomic E-state index is 13.4. The molecule has 212 valence electrons. The average Bonchev–Trinajstić information content (AvgIpc) is 2.91. The van der Waals surface area contributed by atoms with Crippen LogP contribution in [0.5, 0.6) is 0 Å². The number of nitrogens with two attached hydrogens (primary N) is 1. The number of carbonyl (C=O) groups is 4. The van der Waals surface area contributed by atoms with Crippen molar-refractivity contribution in [2.75, 3.05) is 0 Å². The molecular formula is C30H42N4O5. The minimum absolute atomic E-state index is 0.0677. The van der Waals surface area contributed by atoms with Gasteiger partial charge in [-0.2, -0.15) is 0 Å². The summed E-state index contributed by atoms with van der Waals surface area (Å²) in [6, 6.07) is 14.2. The van der Waals surface area contributed by atoms with Crippen molar-refractivity contribution in [2.24, 2.45) is 17.6 Å². The molecule has 0 saturated heterocycles. The van der Waals surface area contributed by atoms with Gasteiger partial charge in [0.1, 0.15) is 18.1 Å². The van der Waals surface area contributed by atoms with Gasteiger partial charge in [0, 0.05) is 12.8 Å². The van der Waals surface area contributed by atoms with Gasteiger partial charge in [-0.05, 0) is 29.4 Å². The van der Waals surface area contributed by atoms with Crippen molar-refractivity contribution in [1.82, 2.24) is 16.0 Å². The second-order valence-corrected chi connectivity index (χ2v) is 10.4. The van der Waals surface area contributed by atoms with E-state index in [-0.39, 0.29) is 24.7 Å². The van der Waals surface area contributed by atoms with Gasteiger partial charge < -0.3 is 26.8 Å². The van der Waals surface area contributed by atoms with Gasteiger partial charge in [-0.25, -0.2) is 4.79 Å². The van der Waals surface area contributed by atoms with Crippen LogP contribution < -0.4 is 21.7 Å². The molecule has 0 heterocycles. The molecule has 0 radical (unpaired) electrons. The zero-order valence-corrected chi connectivity index (χ0v) is 23.2. The Hall–Kier alpha value is -3.72. The molecule has 5 atom stereocenters. The number of hydrogen-bond acceptors (Lipinski definition) is 5. The molecule has 2 aromatic rings. The molecule has 0 aromatic heterocycles. The molecule has 0 spiro atoms. The number of amides is 3. The molecule has 2 rings (SSSR count). The Labute approximate surface area is 230 Å². The molecule has 9 heteroatoms. The standard InChI is InChI=1S/C30H42N4O5/c1-5-20(4)26(31)29(37)33-23(16-19(2)3)27(35)32-24(17-21-12-8-6-9-13-21)28(36)34-25(30(38)39)18-22-14-10-7-11-15-22/h6-15,19-20,23-26H,5,16-18,31H2,1-4H3,(H,32,35)(H,33,37)(H,34,36)(H,38,39). The van der Waals surface area contributed by atoms with E-state index in [1.807, 2.05) is 64.1 Å². The van der Waals surface area contributed by atoms with E-state index in [9.17, 15) is 24.3 Å². The largest absolute Gasteiger partial charge is 0.480 e. The first-order valence-electron chi connectivity index (χ1n) is 13.5. The number of rotatable bonds is 15. The van der Waals surface area contributed by atoms with Gasteiger partial charge in [-0.1, -0.05) is 94.8 Å². The Kier molecular flexibility index (Phi) is 12.6. The highest BCUT2D eigenvalue weighted by Crippen LogP contribution is 2.11. The third-order valence-electron chi connectivity index (χ3n) is 6.71. The lowest BCUT2D eigenvalue weighted by atomic mass is 9.97. The first-order valence-corrected chi connectivity index (χ1v) is 13.5. The van der Waals surface area contributed by atoms with Gasteiger partial charge in [0.15, 0.2) is 0 Å². The predicted octanol–water partition coefficient (Wildman–Crippen LogP) is 2.43. The van der Waals surface area contributed by atoms with Crippen LogP contribution in [0.25, 0.3) is 0 Å². The van der Waals surface area contributed by atoms with Crippen LogP contribution in [0.4, 0.5) is 0 Å². The Morgan fingerprint density at radius 3 is 1.62 bits per heavy atom. The Balaban J connectivity index is 2.25. The summed E-state index contributed by atoms with van der Waals surface area (Å²) in [6.45, 7) is 7.66. The molecule has 0 fully saturated rings. The number of carboxylic acids is 1. The monoisotopic (exact) mass is 538 g/mol. The Bertz CT molecular complexity index is 1080.